The van der Waals surface area contributed by atoms with Crippen molar-refractivity contribution in [1.82, 2.24) is 0 Å². The second-order valence-corrected chi connectivity index (χ2v) is 6.79. The highest BCUT2D eigenvalue weighted by atomic mass is 35.5. The number of nitrogens with one attached hydrogen (secondary N) is 1. The third-order valence-electron chi connectivity index (χ3n) is 2.70. The van der Waals surface area contributed by atoms with Crippen molar-refractivity contribution in [1.29, 1.82) is 0 Å². The van der Waals surface area contributed by atoms with E-state index in [-0.39, 0.29) is 0 Å². The molecule has 20 heavy (non-hydrogen) atoms. The Morgan fingerprint density at radius 1 is 1.15 bits per heavy atom. The van der Waals surface area contributed by atoms with Gasteiger partial charge in [0.05, 0.1) is 0 Å². The topological polar surface area (TPSA) is 12.0 Å². The number of hydrogen-bond acceptors (Lipinski definition) is 2. The lowest BCUT2D eigenvalue weighted by Gasteiger charge is -2.09. The number of halogens is 2. The lowest BCUT2D eigenvalue weighted by molar-refractivity contribution is 1.42. The minimum absolute atomic E-state index is 0.722. The molecule has 2 rings (SSSR count). The van der Waals surface area contributed by atoms with Crippen molar-refractivity contribution in [3.63, 3.8) is 0 Å². The average molecular weight is 342 g/mol. The Kier molecular flexibility index (Phi) is 5.73. The highest BCUT2D eigenvalue weighted by Gasteiger charge is 2.02. The molecule has 2 aromatic rings. The first-order valence-corrected chi connectivity index (χ1v) is 8.14. The van der Waals surface area contributed by atoms with Crippen molar-refractivity contribution >= 4 is 57.2 Å². The summed E-state index contributed by atoms with van der Waals surface area (Å²) in [7, 11) is 0. The molecule has 0 atom stereocenters. The van der Waals surface area contributed by atoms with Crippen LogP contribution in [0.5, 0.6) is 0 Å². The van der Waals surface area contributed by atoms with Gasteiger partial charge in [-0.15, -0.1) is 0 Å². The van der Waals surface area contributed by atoms with Crippen molar-refractivity contribution in [3.05, 3.63) is 63.6 Å². The summed E-state index contributed by atoms with van der Waals surface area (Å²) in [6.45, 7) is 1.97. The smallest absolute Gasteiger partial charge is 0.138 e. The van der Waals surface area contributed by atoms with Crippen molar-refractivity contribution in [2.45, 2.75) is 12.7 Å². The van der Waals surface area contributed by atoms with E-state index in [2.05, 4.69) is 5.32 Å². The van der Waals surface area contributed by atoms with E-state index in [0.717, 1.165) is 31.4 Å². The van der Waals surface area contributed by atoms with Gasteiger partial charge in [-0.1, -0.05) is 65.4 Å². The van der Waals surface area contributed by atoms with E-state index in [1.54, 1.807) is 11.8 Å². The van der Waals surface area contributed by atoms with Gasteiger partial charge in [0.2, 0.25) is 0 Å². The molecule has 0 aliphatic rings. The second kappa shape index (κ2) is 7.32. The van der Waals surface area contributed by atoms with Gasteiger partial charge in [-0.2, -0.15) is 0 Å². The molecule has 5 heteroatoms. The van der Waals surface area contributed by atoms with Crippen LogP contribution in [0.15, 0.2) is 42.5 Å². The summed E-state index contributed by atoms with van der Waals surface area (Å²) < 4.78 is 0.722. The average Bonchev–Trinajstić information content (AvgIpc) is 2.42. The van der Waals surface area contributed by atoms with Crippen molar-refractivity contribution in [3.8, 4) is 0 Å². The number of aryl methyl sites for hydroxylation is 1. The van der Waals surface area contributed by atoms with Crippen LogP contribution in [0.25, 0.3) is 0 Å². The lowest BCUT2D eigenvalue weighted by Crippen LogP contribution is -2.04. The Morgan fingerprint density at radius 2 is 1.85 bits per heavy atom. The second-order valence-electron chi connectivity index (χ2n) is 4.29. The van der Waals surface area contributed by atoms with Crippen LogP contribution in [-0.2, 0) is 5.75 Å². The Hall–Kier alpha value is -0.740. The molecule has 0 bridgehead atoms. The molecule has 1 N–H and O–H groups in total. The highest BCUT2D eigenvalue weighted by molar-refractivity contribution is 8.22. The minimum Gasteiger partial charge on any atom is -0.341 e. The molecule has 1 nitrogen and oxygen atoms in total. The summed E-state index contributed by atoms with van der Waals surface area (Å²) in [6, 6.07) is 13.6. The first kappa shape index (κ1) is 15.6. The standard InChI is InChI=1S/C15H13Cl2NS2/c1-10-2-7-13(8-14(10)17)18-15(19)20-9-11-3-5-12(16)6-4-11/h2-8H,9H2,1H3,(H,18,19). The fourth-order valence-electron chi connectivity index (χ4n) is 1.55. The molecule has 0 spiro atoms. The molecule has 0 fully saturated rings. The van der Waals surface area contributed by atoms with Gasteiger partial charge < -0.3 is 5.32 Å². The van der Waals surface area contributed by atoms with Crippen molar-refractivity contribution < 1.29 is 0 Å². The summed E-state index contributed by atoms with van der Waals surface area (Å²) in [5.74, 6) is 0.808. The molecule has 0 heterocycles. The van der Waals surface area contributed by atoms with Crippen LogP contribution < -0.4 is 5.32 Å². The SMILES string of the molecule is Cc1ccc(NC(=S)SCc2ccc(Cl)cc2)cc1Cl. The van der Waals surface area contributed by atoms with Gasteiger partial charge in [0.1, 0.15) is 4.32 Å². The molecule has 0 aliphatic heterocycles. The van der Waals surface area contributed by atoms with Crippen LogP contribution in [0.1, 0.15) is 11.1 Å². The third kappa shape index (κ3) is 4.67. The van der Waals surface area contributed by atoms with Gasteiger partial charge >= 0.3 is 0 Å². The molecule has 0 unspecified atom stereocenters. The first-order valence-electron chi connectivity index (χ1n) is 5.99. The van der Waals surface area contributed by atoms with Gasteiger partial charge in [0, 0.05) is 21.5 Å². The summed E-state index contributed by atoms with van der Waals surface area (Å²) in [5, 5.41) is 4.66. The van der Waals surface area contributed by atoms with Crippen LogP contribution in [0, 0.1) is 6.92 Å². The number of thioether (sulfide) groups is 1. The van der Waals surface area contributed by atoms with Crippen LogP contribution in [0.2, 0.25) is 10.0 Å². The number of hydrogen-bond donors (Lipinski definition) is 1. The van der Waals surface area contributed by atoms with E-state index in [0.29, 0.717) is 0 Å². The summed E-state index contributed by atoms with van der Waals surface area (Å²) >= 11 is 18.8. The lowest BCUT2D eigenvalue weighted by atomic mass is 10.2. The van der Waals surface area contributed by atoms with Crippen molar-refractivity contribution in [2.24, 2.45) is 0 Å². The summed E-state index contributed by atoms with van der Waals surface area (Å²) in [6.07, 6.45) is 0. The molecular formula is C15H13Cl2NS2. The van der Waals surface area contributed by atoms with E-state index in [1.165, 1.54) is 5.56 Å². The number of benzene rings is 2. The quantitative estimate of drug-likeness (QED) is 0.694. The molecule has 0 saturated carbocycles. The van der Waals surface area contributed by atoms with Gasteiger partial charge in [-0.05, 0) is 42.3 Å². The molecule has 2 aromatic carbocycles. The molecule has 0 aromatic heterocycles. The molecular weight excluding hydrogens is 329 g/mol. The zero-order valence-electron chi connectivity index (χ0n) is 10.8. The largest absolute Gasteiger partial charge is 0.341 e. The number of anilines is 1. The molecule has 0 saturated heterocycles. The Bertz CT molecular complexity index is 612. The van der Waals surface area contributed by atoms with Gasteiger partial charge in [0.25, 0.3) is 0 Å². The van der Waals surface area contributed by atoms with Gasteiger partial charge in [-0.3, -0.25) is 0 Å². The van der Waals surface area contributed by atoms with Crippen molar-refractivity contribution in [2.75, 3.05) is 5.32 Å². The predicted octanol–water partition coefficient (Wildman–Crippen LogP) is 5.93. The monoisotopic (exact) mass is 341 g/mol. The Morgan fingerprint density at radius 3 is 2.50 bits per heavy atom. The fourth-order valence-corrected chi connectivity index (χ4v) is 2.84. The van der Waals surface area contributed by atoms with E-state index in [4.69, 9.17) is 35.4 Å². The summed E-state index contributed by atoms with van der Waals surface area (Å²) in [4.78, 5) is 0. The minimum atomic E-state index is 0.722. The molecule has 0 radical (unpaired) electrons. The van der Waals surface area contributed by atoms with E-state index in [9.17, 15) is 0 Å². The normalized spacial score (nSPS) is 10.3. The zero-order valence-corrected chi connectivity index (χ0v) is 14.0. The summed E-state index contributed by atoms with van der Waals surface area (Å²) in [5.41, 5.74) is 3.15. The number of rotatable bonds is 3. The molecule has 104 valence electrons. The van der Waals surface area contributed by atoms with E-state index >= 15 is 0 Å². The Balaban J connectivity index is 1.89. The molecule has 0 amide bonds. The van der Waals surface area contributed by atoms with Crippen LogP contribution in [0.3, 0.4) is 0 Å². The van der Waals surface area contributed by atoms with E-state index in [1.807, 2.05) is 49.4 Å². The Labute approximate surface area is 138 Å². The first-order chi connectivity index (χ1) is 9.54. The molecule has 0 aliphatic carbocycles. The predicted molar refractivity (Wildman–Crippen MR) is 95.2 cm³/mol. The zero-order chi connectivity index (χ0) is 14.5. The number of thiocarbonyl (C=S) groups is 1. The highest BCUT2D eigenvalue weighted by Crippen LogP contribution is 2.22. The fraction of sp³-hybridized carbons (Fsp3) is 0.133. The van der Waals surface area contributed by atoms with Crippen LogP contribution in [0.4, 0.5) is 5.69 Å². The van der Waals surface area contributed by atoms with Gasteiger partial charge in [-0.25, -0.2) is 0 Å². The van der Waals surface area contributed by atoms with Crippen LogP contribution in [-0.4, -0.2) is 4.32 Å². The maximum atomic E-state index is 6.08. The van der Waals surface area contributed by atoms with Gasteiger partial charge in [0.15, 0.2) is 0 Å². The maximum absolute atomic E-state index is 6.08. The van der Waals surface area contributed by atoms with E-state index < -0.39 is 0 Å². The third-order valence-corrected chi connectivity index (χ3v) is 4.66. The maximum Gasteiger partial charge on any atom is 0.138 e. The van der Waals surface area contributed by atoms with Crippen LogP contribution >= 0.6 is 47.2 Å².